The standard InChI is InChI=1S/C40H74N2O7/c1-3-5-7-9-10-11-12-13-14-15-16-17-18-19-20-21-22-23-28-32-39(46)49-35(29-25-8-6-4-2)30-26-24-27-31-37(44)41-33-38(45)42-36(34-43)40(47)48/h13-14,35-36,43H,3-12,15-34H2,1-2H3,(H,41,44)(H,42,45)(H,47,48)/b14-13-. The topological polar surface area (TPSA) is 142 Å². The molecule has 9 heteroatoms. The first-order valence-electron chi connectivity index (χ1n) is 20.1. The van der Waals surface area contributed by atoms with Crippen LogP contribution in [-0.2, 0) is 23.9 Å². The first-order chi connectivity index (χ1) is 23.8. The van der Waals surface area contributed by atoms with E-state index in [1.807, 2.05) is 0 Å². The zero-order chi connectivity index (χ0) is 36.2. The number of esters is 1. The number of carboxylic acid groups (broad SMARTS) is 1. The van der Waals surface area contributed by atoms with Gasteiger partial charge in [0.25, 0.3) is 0 Å². The molecule has 0 spiro atoms. The van der Waals surface area contributed by atoms with E-state index >= 15 is 0 Å². The predicted octanol–water partition coefficient (Wildman–Crippen LogP) is 9.09. The highest BCUT2D eigenvalue weighted by Gasteiger charge is 2.19. The lowest BCUT2D eigenvalue weighted by atomic mass is 10.0. The summed E-state index contributed by atoms with van der Waals surface area (Å²) >= 11 is 0. The minimum absolute atomic E-state index is 0.0774. The lowest BCUT2D eigenvalue weighted by molar-refractivity contribution is -0.150. The SMILES string of the molecule is CCCCCCCC/C=C\CCCCCCCCCCCC(=O)OC(CCCCCC)CCCCCC(=O)NCC(=O)NC(CO)C(=O)O. The number of carboxylic acids is 1. The number of nitrogens with one attached hydrogen (secondary N) is 2. The smallest absolute Gasteiger partial charge is 0.328 e. The average Bonchev–Trinajstić information content (AvgIpc) is 3.08. The van der Waals surface area contributed by atoms with Crippen LogP contribution in [-0.4, -0.2) is 59.3 Å². The highest BCUT2D eigenvalue weighted by molar-refractivity contribution is 5.87. The van der Waals surface area contributed by atoms with Crippen molar-refractivity contribution in [2.75, 3.05) is 13.2 Å². The van der Waals surface area contributed by atoms with E-state index in [2.05, 4.69) is 36.6 Å². The maximum Gasteiger partial charge on any atom is 0.328 e. The average molecular weight is 695 g/mol. The Balaban J connectivity index is 3.96. The molecule has 4 N–H and O–H groups in total. The Morgan fingerprint density at radius 3 is 1.55 bits per heavy atom. The van der Waals surface area contributed by atoms with Crippen molar-refractivity contribution >= 4 is 23.8 Å². The van der Waals surface area contributed by atoms with Crippen molar-refractivity contribution in [2.24, 2.45) is 0 Å². The molecule has 2 unspecified atom stereocenters. The van der Waals surface area contributed by atoms with Crippen LogP contribution in [0, 0.1) is 0 Å². The van der Waals surface area contributed by atoms with Crippen LogP contribution in [0.15, 0.2) is 12.2 Å². The van der Waals surface area contributed by atoms with Gasteiger partial charge in [-0.3, -0.25) is 14.4 Å². The van der Waals surface area contributed by atoms with Gasteiger partial charge in [0, 0.05) is 12.8 Å². The molecule has 2 atom stereocenters. The van der Waals surface area contributed by atoms with Crippen molar-refractivity contribution in [1.82, 2.24) is 10.6 Å². The number of carbonyl (C=O) groups excluding carboxylic acids is 3. The number of allylic oxidation sites excluding steroid dienone is 2. The number of ether oxygens (including phenoxy) is 1. The van der Waals surface area contributed by atoms with Gasteiger partial charge in [-0.15, -0.1) is 0 Å². The minimum atomic E-state index is -1.39. The van der Waals surface area contributed by atoms with E-state index < -0.39 is 24.5 Å². The Bertz CT molecular complexity index is 848. The molecule has 0 aliphatic rings. The molecule has 49 heavy (non-hydrogen) atoms. The van der Waals surface area contributed by atoms with Gasteiger partial charge in [-0.25, -0.2) is 4.79 Å². The van der Waals surface area contributed by atoms with E-state index in [-0.39, 0.29) is 30.9 Å². The monoisotopic (exact) mass is 695 g/mol. The molecular formula is C40H74N2O7. The molecule has 0 bridgehead atoms. The Kier molecular flexibility index (Phi) is 33.7. The van der Waals surface area contributed by atoms with Crippen LogP contribution >= 0.6 is 0 Å². The van der Waals surface area contributed by atoms with Crippen LogP contribution < -0.4 is 10.6 Å². The fraction of sp³-hybridized carbons (Fsp3) is 0.850. The number of carbonyl (C=O) groups is 4. The molecular weight excluding hydrogens is 620 g/mol. The number of unbranched alkanes of at least 4 members (excludes halogenated alkanes) is 20. The number of aliphatic hydroxyl groups is 1. The molecule has 0 heterocycles. The van der Waals surface area contributed by atoms with Crippen molar-refractivity contribution in [3.63, 3.8) is 0 Å². The lowest BCUT2D eigenvalue weighted by Crippen LogP contribution is -2.47. The number of aliphatic hydroxyl groups excluding tert-OH is 1. The molecule has 0 aromatic heterocycles. The maximum atomic E-state index is 12.6. The fourth-order valence-corrected chi connectivity index (χ4v) is 5.89. The van der Waals surface area contributed by atoms with E-state index in [1.165, 1.54) is 103 Å². The maximum absolute atomic E-state index is 12.6. The summed E-state index contributed by atoms with van der Waals surface area (Å²) in [4.78, 5) is 47.3. The molecule has 0 fully saturated rings. The molecule has 0 saturated carbocycles. The predicted molar refractivity (Wildman–Crippen MR) is 199 cm³/mol. The summed E-state index contributed by atoms with van der Waals surface area (Å²) in [6.45, 7) is 3.39. The largest absolute Gasteiger partial charge is 0.480 e. The molecule has 0 aromatic carbocycles. The normalized spacial score (nSPS) is 12.6. The molecule has 0 aliphatic heterocycles. The van der Waals surface area contributed by atoms with Crippen LogP contribution in [0.5, 0.6) is 0 Å². The van der Waals surface area contributed by atoms with Gasteiger partial charge in [-0.2, -0.15) is 0 Å². The van der Waals surface area contributed by atoms with Crippen LogP contribution in [0.1, 0.15) is 194 Å². The van der Waals surface area contributed by atoms with Crippen LogP contribution in [0.3, 0.4) is 0 Å². The van der Waals surface area contributed by atoms with Gasteiger partial charge in [0.05, 0.1) is 13.2 Å². The summed E-state index contributed by atoms with van der Waals surface area (Å²) in [5, 5.41) is 22.5. The number of hydrogen-bond donors (Lipinski definition) is 4. The number of rotatable bonds is 36. The first kappa shape index (κ1) is 46.6. The summed E-state index contributed by atoms with van der Waals surface area (Å²) in [7, 11) is 0. The van der Waals surface area contributed by atoms with E-state index in [9.17, 15) is 19.2 Å². The third-order valence-corrected chi connectivity index (χ3v) is 9.01. The highest BCUT2D eigenvalue weighted by atomic mass is 16.5. The highest BCUT2D eigenvalue weighted by Crippen LogP contribution is 2.18. The zero-order valence-electron chi connectivity index (χ0n) is 31.5. The van der Waals surface area contributed by atoms with Crippen LogP contribution in [0.4, 0.5) is 0 Å². The van der Waals surface area contributed by atoms with Gasteiger partial charge in [0.2, 0.25) is 11.8 Å². The van der Waals surface area contributed by atoms with Crippen molar-refractivity contribution in [1.29, 1.82) is 0 Å². The summed E-state index contributed by atoms with van der Waals surface area (Å²) in [5.74, 6) is -2.38. The second-order valence-corrected chi connectivity index (χ2v) is 13.7. The fourth-order valence-electron chi connectivity index (χ4n) is 5.89. The first-order valence-corrected chi connectivity index (χ1v) is 20.1. The van der Waals surface area contributed by atoms with Crippen LogP contribution in [0.2, 0.25) is 0 Å². The van der Waals surface area contributed by atoms with E-state index in [0.29, 0.717) is 12.8 Å². The summed E-state index contributed by atoms with van der Waals surface area (Å²) in [5.41, 5.74) is 0. The van der Waals surface area contributed by atoms with Crippen molar-refractivity contribution < 1.29 is 34.1 Å². The quantitative estimate of drug-likeness (QED) is 0.0291. The molecule has 0 aromatic rings. The third kappa shape index (κ3) is 32.5. The minimum Gasteiger partial charge on any atom is -0.480 e. The van der Waals surface area contributed by atoms with Crippen LogP contribution in [0.25, 0.3) is 0 Å². The zero-order valence-corrected chi connectivity index (χ0v) is 31.5. The van der Waals surface area contributed by atoms with Crippen molar-refractivity contribution in [3.8, 4) is 0 Å². The van der Waals surface area contributed by atoms with Crippen molar-refractivity contribution in [2.45, 2.75) is 206 Å². The van der Waals surface area contributed by atoms with Gasteiger partial charge in [0.15, 0.2) is 0 Å². The molecule has 2 amide bonds. The number of amides is 2. The molecule has 9 nitrogen and oxygen atoms in total. The van der Waals surface area contributed by atoms with Gasteiger partial charge in [-0.1, -0.05) is 129 Å². The molecule has 0 aliphatic carbocycles. The van der Waals surface area contributed by atoms with Gasteiger partial charge >= 0.3 is 11.9 Å². The van der Waals surface area contributed by atoms with E-state index in [1.54, 1.807) is 0 Å². The number of aliphatic carboxylic acids is 1. The Hall–Kier alpha value is -2.42. The molecule has 286 valence electrons. The summed E-state index contributed by atoms with van der Waals surface area (Å²) < 4.78 is 5.89. The summed E-state index contributed by atoms with van der Waals surface area (Å²) in [6.07, 6.45) is 35.5. The second-order valence-electron chi connectivity index (χ2n) is 13.7. The van der Waals surface area contributed by atoms with E-state index in [4.69, 9.17) is 14.9 Å². The molecule has 0 saturated heterocycles. The van der Waals surface area contributed by atoms with Crippen molar-refractivity contribution in [3.05, 3.63) is 12.2 Å². The van der Waals surface area contributed by atoms with E-state index in [0.717, 1.165) is 57.8 Å². The lowest BCUT2D eigenvalue weighted by Gasteiger charge is -2.18. The van der Waals surface area contributed by atoms with Gasteiger partial charge in [0.1, 0.15) is 12.1 Å². The Labute approximate surface area is 299 Å². The Morgan fingerprint density at radius 1 is 0.592 bits per heavy atom. The Morgan fingerprint density at radius 2 is 1.04 bits per heavy atom. The second kappa shape index (κ2) is 35.4. The van der Waals surface area contributed by atoms with Gasteiger partial charge in [-0.05, 0) is 64.2 Å². The van der Waals surface area contributed by atoms with Gasteiger partial charge < -0.3 is 25.6 Å². The molecule has 0 rings (SSSR count). The third-order valence-electron chi connectivity index (χ3n) is 9.01. The molecule has 0 radical (unpaired) electrons. The summed E-state index contributed by atoms with van der Waals surface area (Å²) in [6, 6.07) is -1.39. The number of hydrogen-bond acceptors (Lipinski definition) is 6.